The van der Waals surface area contributed by atoms with Crippen LogP contribution in [-0.4, -0.2) is 0 Å². The zero-order chi connectivity index (χ0) is 20.8. The molecule has 2 aliphatic rings. The minimum Gasteiger partial charge on any atom is -0.0654 e. The summed E-state index contributed by atoms with van der Waals surface area (Å²) in [5, 5.41) is 2.88. The van der Waals surface area contributed by atoms with Crippen LogP contribution in [0.15, 0.2) is 36.4 Å². The molecule has 0 heteroatoms. The fourth-order valence-electron chi connectivity index (χ4n) is 6.58. The lowest BCUT2D eigenvalue weighted by molar-refractivity contribution is 0.156. The maximum absolute atomic E-state index is 2.51. The Balaban J connectivity index is 1.31. The zero-order valence-corrected chi connectivity index (χ0v) is 19.7. The van der Waals surface area contributed by atoms with Gasteiger partial charge in [0, 0.05) is 0 Å². The van der Waals surface area contributed by atoms with Gasteiger partial charge in [0.1, 0.15) is 0 Å². The molecule has 0 heterocycles. The van der Waals surface area contributed by atoms with Gasteiger partial charge in [-0.2, -0.15) is 0 Å². The molecule has 2 aromatic carbocycles. The van der Waals surface area contributed by atoms with Crippen LogP contribution in [-0.2, 0) is 6.42 Å². The zero-order valence-electron chi connectivity index (χ0n) is 19.7. The highest BCUT2D eigenvalue weighted by Crippen LogP contribution is 2.44. The molecule has 0 atom stereocenters. The van der Waals surface area contributed by atoms with Crippen molar-refractivity contribution in [2.75, 3.05) is 0 Å². The van der Waals surface area contributed by atoms with E-state index in [9.17, 15) is 0 Å². The van der Waals surface area contributed by atoms with Crippen molar-refractivity contribution in [1.82, 2.24) is 0 Å². The van der Waals surface area contributed by atoms with Crippen molar-refractivity contribution >= 4 is 10.8 Å². The first kappa shape index (κ1) is 21.9. The second kappa shape index (κ2) is 10.8. The first-order valence-corrected chi connectivity index (χ1v) is 13.3. The molecule has 0 nitrogen and oxygen atoms in total. The molecule has 0 saturated heterocycles. The second-order valence-corrected chi connectivity index (χ2v) is 10.6. The van der Waals surface area contributed by atoms with Gasteiger partial charge >= 0.3 is 0 Å². The minimum absolute atomic E-state index is 0.798. The van der Waals surface area contributed by atoms with Crippen LogP contribution in [0.5, 0.6) is 0 Å². The van der Waals surface area contributed by atoms with Crippen molar-refractivity contribution in [2.45, 2.75) is 110 Å². The van der Waals surface area contributed by atoms with E-state index in [1.54, 1.807) is 5.56 Å². The van der Waals surface area contributed by atoms with E-state index in [0.717, 1.165) is 23.7 Å². The molecule has 0 aliphatic heterocycles. The Bertz CT molecular complexity index is 772. The standard InChI is InChI=1S/C30H44/c1-3-5-6-8-24-11-14-30-22-29(20-19-28(30)21-24)27-17-15-26(16-18-27)25-12-9-23(7-4-2)10-13-25/h11,14,19-23,25-27H,3-10,12-13,15-18H2,1-2H3. The lowest BCUT2D eigenvalue weighted by Crippen LogP contribution is -2.25. The van der Waals surface area contributed by atoms with Crippen LogP contribution in [0.2, 0.25) is 0 Å². The van der Waals surface area contributed by atoms with Gasteiger partial charge in [0.2, 0.25) is 0 Å². The number of hydrogen-bond donors (Lipinski definition) is 0. The Morgan fingerprint density at radius 3 is 2.03 bits per heavy atom. The van der Waals surface area contributed by atoms with Gasteiger partial charge in [0.25, 0.3) is 0 Å². The van der Waals surface area contributed by atoms with E-state index in [2.05, 4.69) is 50.2 Å². The lowest BCUT2D eigenvalue weighted by atomic mass is 9.68. The average Bonchev–Trinajstić information content (AvgIpc) is 2.80. The van der Waals surface area contributed by atoms with Crippen LogP contribution in [0.3, 0.4) is 0 Å². The van der Waals surface area contributed by atoms with Gasteiger partial charge < -0.3 is 0 Å². The Labute approximate surface area is 185 Å². The predicted molar refractivity (Wildman–Crippen MR) is 132 cm³/mol. The maximum atomic E-state index is 2.51. The molecule has 4 rings (SSSR count). The van der Waals surface area contributed by atoms with Gasteiger partial charge in [-0.3, -0.25) is 0 Å². The third kappa shape index (κ3) is 5.49. The van der Waals surface area contributed by atoms with E-state index >= 15 is 0 Å². The normalized spacial score (nSPS) is 27.4. The van der Waals surface area contributed by atoms with E-state index in [1.165, 1.54) is 106 Å². The summed E-state index contributed by atoms with van der Waals surface area (Å²) in [6.45, 7) is 4.64. The van der Waals surface area contributed by atoms with Gasteiger partial charge in [-0.15, -0.1) is 0 Å². The monoisotopic (exact) mass is 404 g/mol. The summed E-state index contributed by atoms with van der Waals surface area (Å²) < 4.78 is 0. The molecular weight excluding hydrogens is 360 g/mol. The van der Waals surface area contributed by atoms with Gasteiger partial charge in [0.05, 0.1) is 0 Å². The molecular formula is C30H44. The van der Waals surface area contributed by atoms with E-state index in [0.29, 0.717) is 0 Å². The summed E-state index contributed by atoms with van der Waals surface area (Å²) in [5.74, 6) is 3.91. The Kier molecular flexibility index (Phi) is 7.91. The summed E-state index contributed by atoms with van der Waals surface area (Å²) in [4.78, 5) is 0. The highest BCUT2D eigenvalue weighted by molar-refractivity contribution is 5.84. The summed E-state index contributed by atoms with van der Waals surface area (Å²) in [6, 6.07) is 14.5. The molecule has 2 aromatic rings. The third-order valence-electron chi connectivity index (χ3n) is 8.50. The molecule has 0 unspecified atom stereocenters. The summed E-state index contributed by atoms with van der Waals surface area (Å²) in [7, 11) is 0. The smallest absolute Gasteiger partial charge is 0.0162 e. The topological polar surface area (TPSA) is 0 Å². The van der Waals surface area contributed by atoms with Crippen LogP contribution in [0.4, 0.5) is 0 Å². The fraction of sp³-hybridized carbons (Fsp3) is 0.667. The summed E-state index contributed by atoms with van der Waals surface area (Å²) >= 11 is 0. The number of aryl methyl sites for hydroxylation is 1. The molecule has 30 heavy (non-hydrogen) atoms. The molecule has 0 radical (unpaired) electrons. The summed E-state index contributed by atoms with van der Waals surface area (Å²) in [5.41, 5.74) is 3.12. The van der Waals surface area contributed by atoms with Crippen molar-refractivity contribution in [1.29, 1.82) is 0 Å². The highest BCUT2D eigenvalue weighted by Gasteiger charge is 2.31. The average molecular weight is 405 g/mol. The van der Waals surface area contributed by atoms with Crippen molar-refractivity contribution in [3.8, 4) is 0 Å². The Morgan fingerprint density at radius 2 is 1.33 bits per heavy atom. The first-order chi connectivity index (χ1) is 14.8. The third-order valence-corrected chi connectivity index (χ3v) is 8.50. The molecule has 0 N–H and O–H groups in total. The maximum Gasteiger partial charge on any atom is -0.0162 e. The molecule has 2 aliphatic carbocycles. The van der Waals surface area contributed by atoms with Crippen LogP contribution >= 0.6 is 0 Å². The van der Waals surface area contributed by atoms with Crippen LogP contribution in [0.25, 0.3) is 10.8 Å². The number of fused-ring (bicyclic) bond motifs is 1. The molecule has 2 fully saturated rings. The molecule has 164 valence electrons. The first-order valence-electron chi connectivity index (χ1n) is 13.3. The number of unbranched alkanes of at least 4 members (excludes halogenated alkanes) is 2. The van der Waals surface area contributed by atoms with Crippen LogP contribution in [0, 0.1) is 17.8 Å². The molecule has 0 bridgehead atoms. The lowest BCUT2D eigenvalue weighted by Gasteiger charge is -2.38. The highest BCUT2D eigenvalue weighted by atomic mass is 14.4. The molecule has 0 spiro atoms. The SMILES string of the molecule is CCCCCc1ccc2cc(C3CCC(C4CCC(CCC)CC4)CC3)ccc2c1. The van der Waals surface area contributed by atoms with E-state index in [4.69, 9.17) is 0 Å². The molecule has 0 amide bonds. The van der Waals surface area contributed by atoms with E-state index < -0.39 is 0 Å². The number of rotatable bonds is 8. The fourth-order valence-corrected chi connectivity index (χ4v) is 6.58. The van der Waals surface area contributed by atoms with Gasteiger partial charge in [-0.1, -0.05) is 88.8 Å². The Hall–Kier alpha value is -1.30. The molecule has 2 saturated carbocycles. The van der Waals surface area contributed by atoms with Gasteiger partial charge in [-0.25, -0.2) is 0 Å². The number of hydrogen-bond acceptors (Lipinski definition) is 0. The predicted octanol–water partition coefficient (Wildman–Crippen LogP) is 9.45. The van der Waals surface area contributed by atoms with Crippen molar-refractivity contribution in [2.24, 2.45) is 17.8 Å². The van der Waals surface area contributed by atoms with Crippen molar-refractivity contribution < 1.29 is 0 Å². The number of benzene rings is 2. The largest absolute Gasteiger partial charge is 0.0654 e. The Morgan fingerprint density at radius 1 is 0.667 bits per heavy atom. The van der Waals surface area contributed by atoms with Crippen LogP contribution < -0.4 is 0 Å². The second-order valence-electron chi connectivity index (χ2n) is 10.6. The van der Waals surface area contributed by atoms with E-state index in [1.807, 2.05) is 0 Å². The van der Waals surface area contributed by atoms with E-state index in [-0.39, 0.29) is 0 Å². The summed E-state index contributed by atoms with van der Waals surface area (Å²) in [6.07, 6.45) is 19.9. The van der Waals surface area contributed by atoms with Crippen molar-refractivity contribution in [3.05, 3.63) is 47.5 Å². The quantitative estimate of drug-likeness (QED) is 0.384. The van der Waals surface area contributed by atoms with Gasteiger partial charge in [-0.05, 0) is 96.9 Å². The molecule has 0 aromatic heterocycles. The minimum atomic E-state index is 0.798. The van der Waals surface area contributed by atoms with Crippen LogP contribution in [0.1, 0.15) is 114 Å². The van der Waals surface area contributed by atoms with Crippen molar-refractivity contribution in [3.63, 3.8) is 0 Å². The van der Waals surface area contributed by atoms with Gasteiger partial charge in [0.15, 0.2) is 0 Å².